The van der Waals surface area contributed by atoms with Crippen LogP contribution in [0.1, 0.15) is 0 Å². The van der Waals surface area contributed by atoms with Gasteiger partial charge in [0.15, 0.2) is 0 Å². The number of rotatable bonds is 18. The number of para-hydroxylation sites is 5. The van der Waals surface area contributed by atoms with Gasteiger partial charge in [0.2, 0.25) is 0 Å². The first kappa shape index (κ1) is 86.4. The summed E-state index contributed by atoms with van der Waals surface area (Å²) in [5.74, 6) is 0. The minimum atomic E-state index is 1.10. The van der Waals surface area contributed by atoms with E-state index in [-0.39, 0.29) is 0 Å². The molecule has 678 valence electrons. The standard InChI is InChI=1S/3C46H32N2/c1-4-14-33(15-5-1)35-24-28-39(29-25-35)47(40-30-26-36(27-31-40)34-16-6-2-7-17-34)44-32-37-18-10-11-21-41(37)45-42-22-12-13-23-43(42)48(46(44)45)38-19-8-3-9-20-38;1-4-13-33(14-5-1)35-23-27-40(28-24-35)47(41-29-25-36(26-30-41)34-15-6-2-7-16-34)44-22-12-21-42-43-31-37-17-10-11-18-38(37)32-45(43)48(46(42)44)39-19-8-3-9-20-39;1-4-12-33(13-5-1)35-20-24-40(25-21-35)47(41-26-22-36(23-27-41)34-14-6-2-7-15-34)42-28-29-43-44-30-37-16-10-11-17-38(37)31-45(44)48(46(43)32-42)39-18-8-3-9-19-39/h3*1-32H. The molecule has 0 aliphatic rings. The Balaban J connectivity index is 0.000000113. The monoisotopic (exact) mass is 1840 g/mol. The highest BCUT2D eigenvalue weighted by molar-refractivity contribution is 6.26. The lowest BCUT2D eigenvalue weighted by molar-refractivity contribution is 1.17. The molecule has 24 aromatic carbocycles. The molecule has 3 aromatic heterocycles. The topological polar surface area (TPSA) is 24.5 Å². The van der Waals surface area contributed by atoms with E-state index in [1.165, 1.54) is 164 Å². The Hall–Kier alpha value is -19.1. The first-order valence-electron chi connectivity index (χ1n) is 49.3. The molecule has 3 heterocycles. The number of hydrogen-bond donors (Lipinski definition) is 0. The van der Waals surface area contributed by atoms with Gasteiger partial charge in [0, 0.05) is 89.2 Å². The lowest BCUT2D eigenvalue weighted by Gasteiger charge is -2.28. The molecule has 0 fully saturated rings. The van der Waals surface area contributed by atoms with Crippen molar-refractivity contribution in [1.82, 2.24) is 13.7 Å². The Morgan fingerprint density at radius 1 is 0.125 bits per heavy atom. The maximum Gasteiger partial charge on any atom is 0.0788 e. The van der Waals surface area contributed by atoms with Gasteiger partial charge in [0.25, 0.3) is 0 Å². The van der Waals surface area contributed by atoms with Crippen LogP contribution in [0, 0.1) is 0 Å². The van der Waals surface area contributed by atoms with Crippen molar-refractivity contribution in [3.63, 3.8) is 0 Å². The highest BCUT2D eigenvalue weighted by atomic mass is 15.2. The SMILES string of the molecule is c1ccc(-c2ccc(N(c3ccc(-c4ccccc4)cc3)c3cc4ccccc4c4c5ccccc5n(-c5ccccc5)c34)cc2)cc1.c1ccc(-c2ccc(N(c3ccc(-c4ccccc4)cc3)c3ccc4c5cc6ccccc6cc5n(-c5ccccc5)c4c3)cc2)cc1.c1ccc(-c2ccc(N(c3ccc(-c4ccccc4)cc3)c3cccc4c5cc6ccccc6cc5n(-c5ccccc5)c34)cc2)cc1. The first-order valence-corrected chi connectivity index (χ1v) is 49.3. The maximum absolute atomic E-state index is 2.44. The van der Waals surface area contributed by atoms with Gasteiger partial charge in [-0.1, -0.05) is 419 Å². The molecule has 27 aromatic rings. The highest BCUT2D eigenvalue weighted by Gasteiger charge is 2.28. The average molecular weight is 1840 g/mol. The molecule has 0 saturated heterocycles. The van der Waals surface area contributed by atoms with E-state index in [0.717, 1.165) is 68.2 Å². The van der Waals surface area contributed by atoms with Gasteiger partial charge in [0.1, 0.15) is 0 Å². The number of nitrogens with zero attached hydrogens (tertiary/aromatic N) is 6. The zero-order valence-electron chi connectivity index (χ0n) is 79.1. The Kier molecular flexibility index (Phi) is 23.0. The molecule has 27 rings (SSSR count). The van der Waals surface area contributed by atoms with Crippen molar-refractivity contribution in [3.05, 3.63) is 582 Å². The molecule has 0 N–H and O–H groups in total. The second-order valence-corrected chi connectivity index (χ2v) is 36.7. The minimum Gasteiger partial charge on any atom is -0.310 e. The van der Waals surface area contributed by atoms with E-state index in [1.807, 2.05) is 0 Å². The van der Waals surface area contributed by atoms with E-state index in [4.69, 9.17) is 0 Å². The zero-order chi connectivity index (χ0) is 95.6. The molecule has 0 aliphatic carbocycles. The van der Waals surface area contributed by atoms with Crippen LogP contribution in [0.15, 0.2) is 582 Å². The van der Waals surface area contributed by atoms with Gasteiger partial charge in [-0.15, -0.1) is 0 Å². The molecule has 6 nitrogen and oxygen atoms in total. The number of hydrogen-bond acceptors (Lipinski definition) is 3. The van der Waals surface area contributed by atoms with Crippen molar-refractivity contribution in [2.45, 2.75) is 0 Å². The molecule has 0 saturated carbocycles. The normalized spacial score (nSPS) is 11.3. The van der Waals surface area contributed by atoms with E-state index in [1.54, 1.807) is 0 Å². The van der Waals surface area contributed by atoms with E-state index < -0.39 is 0 Å². The fourth-order valence-electron chi connectivity index (χ4n) is 21.2. The van der Waals surface area contributed by atoms with Gasteiger partial charge in [-0.2, -0.15) is 0 Å². The summed E-state index contributed by atoms with van der Waals surface area (Å²) >= 11 is 0. The quantitative estimate of drug-likeness (QED) is 0.0856. The van der Waals surface area contributed by atoms with E-state index >= 15 is 0 Å². The van der Waals surface area contributed by atoms with Crippen LogP contribution >= 0.6 is 0 Å². The average Bonchev–Trinajstić information content (AvgIpc) is 1.23. The summed E-state index contributed by atoms with van der Waals surface area (Å²) in [6, 6.07) is 210. The van der Waals surface area contributed by atoms with Gasteiger partial charge >= 0.3 is 0 Å². The minimum absolute atomic E-state index is 1.10. The molecule has 0 unspecified atom stereocenters. The molecule has 0 aliphatic heterocycles. The molecule has 0 amide bonds. The summed E-state index contributed by atoms with van der Waals surface area (Å²) < 4.78 is 7.29. The highest BCUT2D eigenvalue weighted by Crippen LogP contribution is 2.51. The Morgan fingerprint density at radius 3 is 0.771 bits per heavy atom. The third-order valence-electron chi connectivity index (χ3n) is 28.1. The summed E-state index contributed by atoms with van der Waals surface area (Å²) in [6.45, 7) is 0. The van der Waals surface area contributed by atoms with Crippen molar-refractivity contribution in [2.24, 2.45) is 0 Å². The summed E-state index contributed by atoms with van der Waals surface area (Å²) in [7, 11) is 0. The summed E-state index contributed by atoms with van der Waals surface area (Å²) in [4.78, 5) is 7.20. The molecular weight excluding hydrogens is 1740 g/mol. The van der Waals surface area contributed by atoms with Crippen LogP contribution in [0.3, 0.4) is 0 Å². The number of aromatic nitrogens is 3. The molecule has 0 radical (unpaired) electrons. The third-order valence-corrected chi connectivity index (χ3v) is 28.1. The Morgan fingerprint density at radius 2 is 0.389 bits per heavy atom. The summed E-state index contributed by atoms with van der Waals surface area (Å²) in [6.07, 6.45) is 0. The van der Waals surface area contributed by atoms with Crippen molar-refractivity contribution in [1.29, 1.82) is 0 Å². The summed E-state index contributed by atoms with van der Waals surface area (Å²) in [5.41, 5.74) is 35.0. The predicted molar refractivity (Wildman–Crippen MR) is 612 cm³/mol. The van der Waals surface area contributed by atoms with E-state index in [2.05, 4.69) is 611 Å². The molecule has 6 heteroatoms. The van der Waals surface area contributed by atoms with Crippen molar-refractivity contribution in [3.8, 4) is 83.8 Å². The van der Waals surface area contributed by atoms with Gasteiger partial charge < -0.3 is 28.4 Å². The molecule has 0 bridgehead atoms. The van der Waals surface area contributed by atoms with E-state index in [0.29, 0.717) is 0 Å². The van der Waals surface area contributed by atoms with Crippen LogP contribution in [-0.2, 0) is 0 Å². The van der Waals surface area contributed by atoms with Gasteiger partial charge in [-0.25, -0.2) is 0 Å². The van der Waals surface area contributed by atoms with Crippen LogP contribution in [0.25, 0.3) is 182 Å². The lowest BCUT2D eigenvalue weighted by atomic mass is 10.0. The Labute approximate surface area is 837 Å². The van der Waals surface area contributed by atoms with Crippen LogP contribution in [-0.4, -0.2) is 13.7 Å². The molecular formula is C138H96N6. The van der Waals surface area contributed by atoms with Crippen molar-refractivity contribution >= 4 is 149 Å². The second kappa shape index (κ2) is 38.3. The van der Waals surface area contributed by atoms with Crippen molar-refractivity contribution in [2.75, 3.05) is 14.7 Å². The van der Waals surface area contributed by atoms with Crippen LogP contribution in [0.4, 0.5) is 51.2 Å². The van der Waals surface area contributed by atoms with Crippen LogP contribution in [0.5, 0.6) is 0 Å². The zero-order valence-corrected chi connectivity index (χ0v) is 79.1. The lowest BCUT2D eigenvalue weighted by Crippen LogP contribution is -2.12. The number of anilines is 9. The molecule has 0 atom stereocenters. The third kappa shape index (κ3) is 16.6. The number of fused-ring (bicyclic) bond motifs is 13. The largest absolute Gasteiger partial charge is 0.310 e. The molecule has 144 heavy (non-hydrogen) atoms. The molecule has 0 spiro atoms. The fourth-order valence-corrected chi connectivity index (χ4v) is 21.2. The fraction of sp³-hybridized carbons (Fsp3) is 0. The van der Waals surface area contributed by atoms with Gasteiger partial charge in [0.05, 0.1) is 44.5 Å². The maximum atomic E-state index is 2.44. The van der Waals surface area contributed by atoms with Gasteiger partial charge in [-0.05, 0) is 263 Å². The van der Waals surface area contributed by atoms with Crippen LogP contribution in [0.2, 0.25) is 0 Å². The van der Waals surface area contributed by atoms with E-state index in [9.17, 15) is 0 Å². The van der Waals surface area contributed by atoms with Crippen LogP contribution < -0.4 is 14.7 Å². The van der Waals surface area contributed by atoms with Gasteiger partial charge in [-0.3, -0.25) is 0 Å². The summed E-state index contributed by atoms with van der Waals surface area (Å²) in [5, 5.41) is 14.9. The first-order chi connectivity index (χ1) is 71.4. The van der Waals surface area contributed by atoms with Crippen molar-refractivity contribution < 1.29 is 0 Å². The second-order valence-electron chi connectivity index (χ2n) is 36.7. The Bertz CT molecular complexity index is 8980. The number of benzene rings is 24. The predicted octanol–water partition coefficient (Wildman–Crippen LogP) is 38.2. The smallest absolute Gasteiger partial charge is 0.0788 e.